The van der Waals surface area contributed by atoms with Gasteiger partial charge in [0, 0.05) is 27.5 Å². The Morgan fingerprint density at radius 3 is 2.46 bits per heavy atom. The van der Waals surface area contributed by atoms with Crippen LogP contribution in [0.15, 0.2) is 40.9 Å². The molecule has 1 amide bonds. The lowest BCUT2D eigenvalue weighted by atomic mass is 10.0. The van der Waals surface area contributed by atoms with Gasteiger partial charge < -0.3 is 5.32 Å². The van der Waals surface area contributed by atoms with Crippen LogP contribution in [0.4, 0.5) is 5.69 Å². The summed E-state index contributed by atoms with van der Waals surface area (Å²) < 4.78 is 2.09. The molecule has 0 fully saturated rings. The average molecular weight is 415 g/mol. The molecule has 0 unspecified atom stereocenters. The van der Waals surface area contributed by atoms with E-state index in [0.717, 1.165) is 22.2 Å². The van der Waals surface area contributed by atoms with Gasteiger partial charge in [0.2, 0.25) is 5.91 Å². The van der Waals surface area contributed by atoms with Crippen LogP contribution in [0.3, 0.4) is 0 Å². The Morgan fingerprint density at radius 1 is 1.18 bits per heavy atom. The molecule has 5 nitrogen and oxygen atoms in total. The number of aryl methyl sites for hydroxylation is 1. The van der Waals surface area contributed by atoms with Gasteiger partial charge in [-0.15, -0.1) is 21.5 Å². The van der Waals surface area contributed by atoms with Crippen molar-refractivity contribution in [2.75, 3.05) is 11.1 Å². The maximum Gasteiger partial charge on any atom is 0.234 e. The van der Waals surface area contributed by atoms with E-state index >= 15 is 0 Å². The second kappa shape index (κ2) is 8.92. The van der Waals surface area contributed by atoms with Crippen molar-refractivity contribution in [2.24, 2.45) is 0 Å². The number of hydrogen-bond acceptors (Lipinski definition) is 5. The van der Waals surface area contributed by atoms with E-state index in [1.165, 1.54) is 22.2 Å². The third-order valence-electron chi connectivity index (χ3n) is 4.36. The molecule has 0 atom stereocenters. The summed E-state index contributed by atoms with van der Waals surface area (Å²) in [7, 11) is 0. The first-order valence-corrected chi connectivity index (χ1v) is 11.2. The first-order chi connectivity index (χ1) is 13.3. The maximum absolute atomic E-state index is 12.4. The molecular weight excluding hydrogens is 388 g/mol. The summed E-state index contributed by atoms with van der Waals surface area (Å²) in [6, 6.07) is 10.3. The zero-order valence-electron chi connectivity index (χ0n) is 16.9. The molecule has 28 heavy (non-hydrogen) atoms. The fourth-order valence-corrected chi connectivity index (χ4v) is 4.43. The first-order valence-electron chi connectivity index (χ1n) is 9.38. The van der Waals surface area contributed by atoms with Crippen molar-refractivity contribution < 1.29 is 4.79 Å². The molecule has 0 saturated heterocycles. The number of carbonyl (C=O) groups excluding carboxylic acids is 1. The lowest BCUT2D eigenvalue weighted by Crippen LogP contribution is -2.15. The molecule has 0 spiro atoms. The van der Waals surface area contributed by atoms with E-state index in [0.29, 0.717) is 11.7 Å². The van der Waals surface area contributed by atoms with Gasteiger partial charge in [0.15, 0.2) is 11.0 Å². The highest BCUT2D eigenvalue weighted by molar-refractivity contribution is 7.99. The molecule has 148 valence electrons. The Balaban J connectivity index is 1.67. The molecule has 0 aliphatic rings. The molecule has 2 aromatic heterocycles. The minimum absolute atomic E-state index is 0.0477. The van der Waals surface area contributed by atoms with E-state index in [9.17, 15) is 4.79 Å². The Kier molecular flexibility index (Phi) is 6.57. The van der Waals surface area contributed by atoms with Gasteiger partial charge in [-0.1, -0.05) is 37.7 Å². The van der Waals surface area contributed by atoms with Crippen LogP contribution >= 0.6 is 23.1 Å². The number of aromatic nitrogens is 3. The van der Waals surface area contributed by atoms with Crippen LogP contribution in [0.25, 0.3) is 11.4 Å². The molecular formula is C21H26N4OS2. The number of rotatable bonds is 7. The highest BCUT2D eigenvalue weighted by Crippen LogP contribution is 2.30. The first kappa shape index (κ1) is 20.6. The standard InChI is InChI=1S/C21H26N4OS2/c1-13(2)16-6-8-18(9-7-16)22-19(26)12-28-21-24-23-20(25(21)14(3)4)17-10-15(5)27-11-17/h6-11,13-14H,12H2,1-5H3,(H,22,26). The van der Waals surface area contributed by atoms with Crippen LogP contribution in [0.5, 0.6) is 0 Å². The highest BCUT2D eigenvalue weighted by Gasteiger charge is 2.18. The highest BCUT2D eigenvalue weighted by atomic mass is 32.2. The third-order valence-corrected chi connectivity index (χ3v) is 6.17. The van der Waals surface area contributed by atoms with E-state index in [2.05, 4.69) is 78.3 Å². The van der Waals surface area contributed by atoms with Crippen molar-refractivity contribution in [3.63, 3.8) is 0 Å². The molecule has 0 radical (unpaired) electrons. The second-order valence-corrected chi connectivity index (χ2v) is 9.39. The van der Waals surface area contributed by atoms with Gasteiger partial charge >= 0.3 is 0 Å². The number of thiophene rings is 1. The zero-order valence-corrected chi connectivity index (χ0v) is 18.5. The van der Waals surface area contributed by atoms with Gasteiger partial charge in [0.1, 0.15) is 0 Å². The summed E-state index contributed by atoms with van der Waals surface area (Å²) in [5.74, 6) is 1.57. The predicted molar refractivity (Wildman–Crippen MR) is 118 cm³/mol. The number of nitrogens with one attached hydrogen (secondary N) is 1. The molecule has 3 aromatic rings. The quantitative estimate of drug-likeness (QED) is 0.500. The van der Waals surface area contributed by atoms with Gasteiger partial charge in [-0.3, -0.25) is 9.36 Å². The average Bonchev–Trinajstić information content (AvgIpc) is 3.26. The molecule has 3 rings (SSSR count). The van der Waals surface area contributed by atoms with Crippen molar-refractivity contribution in [3.05, 3.63) is 46.2 Å². The molecule has 0 saturated carbocycles. The number of anilines is 1. The molecule has 1 N–H and O–H groups in total. The van der Waals surface area contributed by atoms with E-state index in [4.69, 9.17) is 0 Å². The van der Waals surface area contributed by atoms with Gasteiger partial charge in [-0.05, 0) is 50.5 Å². The SMILES string of the molecule is Cc1cc(-c2nnc(SCC(=O)Nc3ccc(C(C)C)cc3)n2C(C)C)cs1. The number of carbonyl (C=O) groups is 1. The fraction of sp³-hybridized carbons (Fsp3) is 0.381. The summed E-state index contributed by atoms with van der Waals surface area (Å²) in [6.07, 6.45) is 0. The van der Waals surface area contributed by atoms with Gasteiger partial charge in [-0.2, -0.15) is 0 Å². The Labute approximate surface area is 174 Å². The molecule has 0 aliphatic carbocycles. The minimum Gasteiger partial charge on any atom is -0.325 e. The molecule has 2 heterocycles. The summed E-state index contributed by atoms with van der Waals surface area (Å²) >= 11 is 3.11. The monoisotopic (exact) mass is 414 g/mol. The van der Waals surface area contributed by atoms with Crippen LogP contribution in [-0.2, 0) is 4.79 Å². The van der Waals surface area contributed by atoms with Crippen LogP contribution < -0.4 is 5.32 Å². The maximum atomic E-state index is 12.4. The number of benzene rings is 1. The van der Waals surface area contributed by atoms with E-state index in [1.807, 2.05) is 12.1 Å². The van der Waals surface area contributed by atoms with Crippen molar-refractivity contribution in [1.29, 1.82) is 0 Å². The van der Waals surface area contributed by atoms with Gasteiger partial charge in [0.25, 0.3) is 0 Å². The Bertz CT molecular complexity index is 942. The van der Waals surface area contributed by atoms with E-state index < -0.39 is 0 Å². The minimum atomic E-state index is -0.0477. The number of amides is 1. The summed E-state index contributed by atoms with van der Waals surface area (Å²) in [5, 5.41) is 14.5. The number of thioether (sulfide) groups is 1. The van der Waals surface area contributed by atoms with Crippen LogP contribution in [0, 0.1) is 6.92 Å². The summed E-state index contributed by atoms with van der Waals surface area (Å²) in [5.41, 5.74) is 3.15. The predicted octanol–water partition coefficient (Wildman–Crippen LogP) is 5.75. The third kappa shape index (κ3) is 4.83. The van der Waals surface area contributed by atoms with Crippen LogP contribution in [0.2, 0.25) is 0 Å². The normalized spacial score (nSPS) is 11.4. The van der Waals surface area contributed by atoms with Crippen molar-refractivity contribution in [1.82, 2.24) is 14.8 Å². The van der Waals surface area contributed by atoms with Crippen LogP contribution in [-0.4, -0.2) is 26.4 Å². The van der Waals surface area contributed by atoms with E-state index in [1.54, 1.807) is 11.3 Å². The lowest BCUT2D eigenvalue weighted by molar-refractivity contribution is -0.113. The van der Waals surface area contributed by atoms with Gasteiger partial charge in [0.05, 0.1) is 5.75 Å². The Hall–Kier alpha value is -2.12. The summed E-state index contributed by atoms with van der Waals surface area (Å²) in [4.78, 5) is 13.6. The lowest BCUT2D eigenvalue weighted by Gasteiger charge is -2.13. The molecule has 0 bridgehead atoms. The summed E-state index contributed by atoms with van der Waals surface area (Å²) in [6.45, 7) is 10.6. The molecule has 0 aliphatic heterocycles. The Morgan fingerprint density at radius 2 is 1.89 bits per heavy atom. The van der Waals surface area contributed by atoms with Crippen LogP contribution in [0.1, 0.15) is 50.1 Å². The fourth-order valence-electron chi connectivity index (χ4n) is 2.88. The van der Waals surface area contributed by atoms with Crippen molar-refractivity contribution >= 4 is 34.7 Å². The number of hydrogen-bond donors (Lipinski definition) is 1. The second-order valence-electron chi connectivity index (χ2n) is 7.33. The van der Waals surface area contributed by atoms with E-state index in [-0.39, 0.29) is 11.9 Å². The molecule has 1 aromatic carbocycles. The topological polar surface area (TPSA) is 59.8 Å². The number of nitrogens with zero attached hydrogens (tertiary/aromatic N) is 3. The van der Waals surface area contributed by atoms with Gasteiger partial charge in [-0.25, -0.2) is 0 Å². The zero-order chi connectivity index (χ0) is 20.3. The smallest absolute Gasteiger partial charge is 0.234 e. The largest absolute Gasteiger partial charge is 0.325 e. The van der Waals surface area contributed by atoms with Crippen molar-refractivity contribution in [3.8, 4) is 11.4 Å². The molecule has 7 heteroatoms. The van der Waals surface area contributed by atoms with Crippen molar-refractivity contribution in [2.45, 2.75) is 51.7 Å².